The van der Waals surface area contributed by atoms with Crippen molar-refractivity contribution >= 4 is 11.7 Å². The van der Waals surface area contributed by atoms with Crippen LogP contribution >= 0.6 is 0 Å². The minimum absolute atomic E-state index is 0.0343. The summed E-state index contributed by atoms with van der Waals surface area (Å²) in [5.41, 5.74) is -2.06. The zero-order valence-electron chi connectivity index (χ0n) is 24.7. The zero-order valence-corrected chi connectivity index (χ0v) is 24.7. The van der Waals surface area contributed by atoms with E-state index < -0.39 is 53.3 Å². The Morgan fingerprint density at radius 2 is 1.83 bits per heavy atom. The molecule has 228 valence electrons. The molecule has 1 aliphatic carbocycles. The van der Waals surface area contributed by atoms with Crippen molar-refractivity contribution < 1.29 is 44.3 Å². The quantitative estimate of drug-likeness (QED) is 0.194. The van der Waals surface area contributed by atoms with Gasteiger partial charge in [0.05, 0.1) is 30.5 Å². The average Bonchev–Trinajstić information content (AvgIpc) is 3.21. The van der Waals surface area contributed by atoms with E-state index in [1.54, 1.807) is 32.1 Å². The third kappa shape index (κ3) is 5.67. The largest absolute Gasteiger partial charge is 0.462 e. The molecule has 5 aliphatic rings. The van der Waals surface area contributed by atoms with Crippen molar-refractivity contribution in [3.8, 4) is 0 Å². The van der Waals surface area contributed by atoms with Gasteiger partial charge in [-0.1, -0.05) is 43.3 Å². The molecule has 0 aromatic carbocycles. The second-order valence-corrected chi connectivity index (χ2v) is 13.2. The molecule has 0 radical (unpaired) electrons. The molecule has 0 amide bonds. The van der Waals surface area contributed by atoms with Crippen molar-refractivity contribution in [3.63, 3.8) is 0 Å². The summed E-state index contributed by atoms with van der Waals surface area (Å²) in [5.74, 6) is -2.48. The SMILES string of the molecule is CC1=C[C@H]2C(=O)O[C@H]3C[C@@H](CC(O)C(C)(O)C[C@@H](C)/C=C/C=C4\CO[C@H](/C1=N\O)[C@@]42O)O[C@@]1(CC[C@H](C)[C@@H](C)O1)C3. The van der Waals surface area contributed by atoms with E-state index in [1.165, 1.54) is 0 Å². The fourth-order valence-corrected chi connectivity index (χ4v) is 7.21. The first-order valence-electron chi connectivity index (χ1n) is 14.9. The predicted molar refractivity (Wildman–Crippen MR) is 149 cm³/mol. The Morgan fingerprint density at radius 3 is 2.54 bits per heavy atom. The predicted octanol–water partition coefficient (Wildman–Crippen LogP) is 3.17. The van der Waals surface area contributed by atoms with Crippen molar-refractivity contribution in [1.29, 1.82) is 0 Å². The number of allylic oxidation sites excluding steroid dienone is 3. The molecule has 10 heteroatoms. The summed E-state index contributed by atoms with van der Waals surface area (Å²) in [5, 5.41) is 47.6. The number of aliphatic hydroxyl groups excluding tert-OH is 1. The molecule has 0 saturated carbocycles. The minimum atomic E-state index is -1.81. The number of nitrogens with zero attached hydrogens (tertiary/aromatic N) is 1. The van der Waals surface area contributed by atoms with Gasteiger partial charge in [-0.25, -0.2) is 0 Å². The molecule has 3 saturated heterocycles. The maximum absolute atomic E-state index is 13.9. The zero-order chi connectivity index (χ0) is 29.7. The number of hydrogen-bond donors (Lipinski definition) is 4. The summed E-state index contributed by atoms with van der Waals surface area (Å²) < 4.78 is 25.0. The molecule has 4 heterocycles. The molecule has 2 bridgehead atoms. The number of hydrogen-bond acceptors (Lipinski definition) is 10. The maximum Gasteiger partial charge on any atom is 0.316 e. The average molecular weight is 576 g/mol. The molecule has 41 heavy (non-hydrogen) atoms. The van der Waals surface area contributed by atoms with E-state index in [0.717, 1.165) is 6.42 Å². The highest BCUT2D eigenvalue weighted by molar-refractivity contribution is 6.06. The lowest BCUT2D eigenvalue weighted by Gasteiger charge is -2.50. The van der Waals surface area contributed by atoms with Gasteiger partial charge in [-0.15, -0.1) is 0 Å². The number of aliphatic hydroxyl groups is 3. The first-order valence-corrected chi connectivity index (χ1v) is 14.9. The molecule has 5 rings (SSSR count). The fourth-order valence-electron chi connectivity index (χ4n) is 7.21. The molecule has 4 aliphatic heterocycles. The first-order chi connectivity index (χ1) is 19.3. The highest BCUT2D eigenvalue weighted by Gasteiger charge is 2.59. The van der Waals surface area contributed by atoms with Gasteiger partial charge in [-0.2, -0.15) is 0 Å². The lowest BCUT2D eigenvalue weighted by Crippen LogP contribution is -2.57. The van der Waals surface area contributed by atoms with Gasteiger partial charge in [0.1, 0.15) is 29.4 Å². The Bertz CT molecular complexity index is 1140. The van der Waals surface area contributed by atoms with Crippen molar-refractivity contribution in [2.75, 3.05) is 6.61 Å². The fraction of sp³-hybridized carbons (Fsp3) is 0.742. The summed E-state index contributed by atoms with van der Waals surface area (Å²) in [4.78, 5) is 13.9. The van der Waals surface area contributed by atoms with Crippen LogP contribution in [-0.2, 0) is 23.7 Å². The molecule has 11 atom stereocenters. The lowest BCUT2D eigenvalue weighted by atomic mass is 9.71. The molecule has 3 fully saturated rings. The number of carbonyl (C=O) groups is 1. The van der Waals surface area contributed by atoms with Crippen LogP contribution in [0.4, 0.5) is 0 Å². The van der Waals surface area contributed by atoms with Gasteiger partial charge in [0.25, 0.3) is 0 Å². The Labute approximate surface area is 241 Å². The van der Waals surface area contributed by atoms with Crippen LogP contribution in [0.2, 0.25) is 0 Å². The van der Waals surface area contributed by atoms with Crippen LogP contribution in [0.3, 0.4) is 0 Å². The molecular formula is C31H45NO9. The monoisotopic (exact) mass is 575 g/mol. The van der Waals surface area contributed by atoms with E-state index in [4.69, 9.17) is 18.9 Å². The standard InChI is InChI=1S/C31H45NO9/c1-17-7-6-8-21-16-38-27-26(32-37)19(3)11-24(31(21,27)36)28(34)39-23-12-22(13-25(33)29(5,35)14-17)41-30(15-23)10-9-18(2)20(4)40-30/h6-8,11,17-18,20,22-25,27,33,35-37H,9-10,12-16H2,1-5H3/b7-6+,21-8+,32-26-/t17-,18-,20+,22-,23-,24-,25?,27+,29?,30-,31+/m0/s1. The van der Waals surface area contributed by atoms with E-state index >= 15 is 0 Å². The summed E-state index contributed by atoms with van der Waals surface area (Å²) in [6, 6.07) is 0. The number of esters is 1. The van der Waals surface area contributed by atoms with Gasteiger partial charge in [0, 0.05) is 25.7 Å². The molecule has 2 unspecified atom stereocenters. The Hall–Kier alpha value is -2.08. The molecule has 4 N–H and O–H groups in total. The molecule has 1 spiro atoms. The van der Waals surface area contributed by atoms with E-state index in [0.29, 0.717) is 42.7 Å². The molecule has 0 aromatic heterocycles. The minimum Gasteiger partial charge on any atom is -0.462 e. The van der Waals surface area contributed by atoms with Gasteiger partial charge in [0.2, 0.25) is 0 Å². The van der Waals surface area contributed by atoms with Crippen LogP contribution in [0.25, 0.3) is 0 Å². The topological polar surface area (TPSA) is 147 Å². The van der Waals surface area contributed by atoms with Gasteiger partial charge in [0.15, 0.2) is 5.79 Å². The Kier molecular flexibility index (Phi) is 8.30. The Morgan fingerprint density at radius 1 is 1.07 bits per heavy atom. The van der Waals surface area contributed by atoms with Gasteiger partial charge in [-0.05, 0) is 56.6 Å². The second kappa shape index (κ2) is 11.2. The number of fused-ring (bicyclic) bond motifs is 2. The van der Waals surface area contributed by atoms with Crippen LogP contribution < -0.4 is 0 Å². The number of ether oxygens (including phenoxy) is 4. The van der Waals surface area contributed by atoms with Crippen molar-refractivity contribution in [2.24, 2.45) is 22.9 Å². The maximum atomic E-state index is 13.9. The number of carbonyl (C=O) groups excluding carboxylic acids is 1. The third-order valence-corrected chi connectivity index (χ3v) is 9.81. The van der Waals surface area contributed by atoms with E-state index in [-0.39, 0.29) is 30.8 Å². The summed E-state index contributed by atoms with van der Waals surface area (Å²) in [6.45, 7) is 9.43. The summed E-state index contributed by atoms with van der Waals surface area (Å²) in [6.07, 6.45) is 6.15. The van der Waals surface area contributed by atoms with Crippen LogP contribution in [-0.4, -0.2) is 86.3 Å². The van der Waals surface area contributed by atoms with E-state index in [1.807, 2.05) is 19.9 Å². The smallest absolute Gasteiger partial charge is 0.316 e. The van der Waals surface area contributed by atoms with Gasteiger partial charge < -0.3 is 39.5 Å². The van der Waals surface area contributed by atoms with E-state index in [9.17, 15) is 25.3 Å². The van der Waals surface area contributed by atoms with Crippen molar-refractivity contribution in [3.05, 3.63) is 35.5 Å². The highest BCUT2D eigenvalue weighted by Crippen LogP contribution is 2.46. The third-order valence-electron chi connectivity index (χ3n) is 9.81. The van der Waals surface area contributed by atoms with Crippen LogP contribution in [0.5, 0.6) is 0 Å². The lowest BCUT2D eigenvalue weighted by molar-refractivity contribution is -0.336. The van der Waals surface area contributed by atoms with Gasteiger partial charge >= 0.3 is 5.97 Å². The normalized spacial score (nSPS) is 50.4. The van der Waals surface area contributed by atoms with Crippen LogP contribution in [0.1, 0.15) is 73.1 Å². The number of oxime groups is 1. The highest BCUT2D eigenvalue weighted by atomic mass is 16.7. The van der Waals surface area contributed by atoms with Crippen LogP contribution in [0, 0.1) is 17.8 Å². The van der Waals surface area contributed by atoms with Crippen molar-refractivity contribution in [1.82, 2.24) is 0 Å². The molecular weight excluding hydrogens is 530 g/mol. The van der Waals surface area contributed by atoms with Crippen molar-refractivity contribution in [2.45, 2.75) is 121 Å². The van der Waals surface area contributed by atoms with Crippen LogP contribution in [0.15, 0.2) is 40.6 Å². The Balaban J connectivity index is 1.55. The summed E-state index contributed by atoms with van der Waals surface area (Å²) >= 11 is 0. The molecule has 0 aromatic rings. The van der Waals surface area contributed by atoms with E-state index in [2.05, 4.69) is 12.1 Å². The molecule has 10 nitrogen and oxygen atoms in total. The second-order valence-electron chi connectivity index (χ2n) is 13.2. The number of rotatable bonds is 0. The summed E-state index contributed by atoms with van der Waals surface area (Å²) in [7, 11) is 0. The first kappa shape index (κ1) is 30.4. The van der Waals surface area contributed by atoms with Gasteiger partial charge in [-0.3, -0.25) is 4.79 Å².